The summed E-state index contributed by atoms with van der Waals surface area (Å²) in [6.45, 7) is 1.76. The third-order valence-electron chi connectivity index (χ3n) is 3.52. The van der Waals surface area contributed by atoms with Crippen LogP contribution in [-0.2, 0) is 25.5 Å². The zero-order chi connectivity index (χ0) is 16.2. The van der Waals surface area contributed by atoms with Crippen molar-refractivity contribution in [2.45, 2.75) is 25.1 Å². The van der Waals surface area contributed by atoms with Gasteiger partial charge in [-0.1, -0.05) is 30.3 Å². The number of ether oxygens (including phenoxy) is 1. The quantitative estimate of drug-likeness (QED) is 0.479. The Hall–Kier alpha value is -2.41. The summed E-state index contributed by atoms with van der Waals surface area (Å²) < 4.78 is 5.05. The molecule has 3 amide bonds. The molecule has 7 heteroatoms. The Morgan fingerprint density at radius 1 is 1.36 bits per heavy atom. The van der Waals surface area contributed by atoms with Gasteiger partial charge in [0.1, 0.15) is 6.04 Å². The van der Waals surface area contributed by atoms with Crippen LogP contribution < -0.4 is 16.0 Å². The zero-order valence-corrected chi connectivity index (χ0v) is 12.5. The molecule has 0 saturated carbocycles. The fourth-order valence-corrected chi connectivity index (χ4v) is 2.08. The Bertz CT molecular complexity index is 571. The van der Waals surface area contributed by atoms with Crippen molar-refractivity contribution in [3.63, 3.8) is 0 Å². The number of methoxy groups -OCH3 is 1. The van der Waals surface area contributed by atoms with E-state index in [1.165, 1.54) is 7.11 Å². The van der Waals surface area contributed by atoms with E-state index in [0.717, 1.165) is 5.56 Å². The third kappa shape index (κ3) is 3.43. The van der Waals surface area contributed by atoms with Gasteiger partial charge in [-0.25, -0.2) is 0 Å². The first-order valence-corrected chi connectivity index (χ1v) is 6.95. The van der Waals surface area contributed by atoms with Crippen molar-refractivity contribution >= 4 is 17.7 Å². The molecule has 0 aromatic heterocycles. The Kier molecular flexibility index (Phi) is 4.77. The molecular weight excluding hydrogens is 286 g/mol. The van der Waals surface area contributed by atoms with E-state index in [1.54, 1.807) is 6.92 Å². The smallest absolute Gasteiger partial charge is 0.275 e. The lowest BCUT2D eigenvalue weighted by Gasteiger charge is -2.39. The van der Waals surface area contributed by atoms with Crippen molar-refractivity contribution in [3.05, 3.63) is 35.9 Å². The van der Waals surface area contributed by atoms with Gasteiger partial charge >= 0.3 is 0 Å². The van der Waals surface area contributed by atoms with E-state index in [9.17, 15) is 14.4 Å². The van der Waals surface area contributed by atoms with E-state index in [0.29, 0.717) is 0 Å². The molecule has 3 N–H and O–H groups in total. The number of amides is 3. The minimum atomic E-state index is -1.32. The summed E-state index contributed by atoms with van der Waals surface area (Å²) in [6, 6.07) is 8.46. The minimum absolute atomic E-state index is 0.189. The highest BCUT2D eigenvalue weighted by Gasteiger charge is 2.48. The molecular formula is C15H19N3O4. The first-order chi connectivity index (χ1) is 10.5. The number of rotatable bonds is 6. The van der Waals surface area contributed by atoms with Gasteiger partial charge in [0.25, 0.3) is 5.91 Å². The zero-order valence-electron chi connectivity index (χ0n) is 12.5. The molecule has 0 aliphatic carbocycles. The van der Waals surface area contributed by atoms with Gasteiger partial charge in [0.05, 0.1) is 13.0 Å². The molecule has 7 nitrogen and oxygen atoms in total. The summed E-state index contributed by atoms with van der Waals surface area (Å²) in [7, 11) is 1.34. The van der Waals surface area contributed by atoms with Crippen molar-refractivity contribution in [3.8, 4) is 0 Å². The van der Waals surface area contributed by atoms with Crippen LogP contribution in [0.3, 0.4) is 0 Å². The fraction of sp³-hybridized carbons (Fsp3) is 0.400. The summed E-state index contributed by atoms with van der Waals surface area (Å²) in [5, 5.41) is 7.61. The van der Waals surface area contributed by atoms with Gasteiger partial charge in [0.2, 0.25) is 17.5 Å². The number of benzene rings is 1. The van der Waals surface area contributed by atoms with Crippen LogP contribution in [0.25, 0.3) is 0 Å². The second kappa shape index (κ2) is 6.57. The monoisotopic (exact) mass is 305 g/mol. The topological polar surface area (TPSA) is 96.5 Å². The van der Waals surface area contributed by atoms with E-state index < -0.39 is 23.6 Å². The SMILES string of the molecule is COC1(NC(=O)[C@@H](C)NC(=O)Cc2ccccc2)CNC1=O. The Labute approximate surface area is 128 Å². The number of nitrogens with one attached hydrogen (secondary N) is 3. The lowest BCUT2D eigenvalue weighted by molar-refractivity contribution is -0.167. The van der Waals surface area contributed by atoms with Crippen LogP contribution in [0, 0.1) is 0 Å². The minimum Gasteiger partial charge on any atom is -0.349 e. The maximum absolute atomic E-state index is 12.1. The third-order valence-corrected chi connectivity index (χ3v) is 3.52. The number of hydrogen-bond donors (Lipinski definition) is 3. The predicted octanol–water partition coefficient (Wildman–Crippen LogP) is -0.677. The van der Waals surface area contributed by atoms with Gasteiger partial charge in [-0.05, 0) is 12.5 Å². The van der Waals surface area contributed by atoms with Crippen molar-refractivity contribution in [2.24, 2.45) is 0 Å². The number of carbonyl (C=O) groups is 3. The Morgan fingerprint density at radius 2 is 2.05 bits per heavy atom. The van der Waals surface area contributed by atoms with Gasteiger partial charge in [-0.15, -0.1) is 0 Å². The van der Waals surface area contributed by atoms with Crippen molar-refractivity contribution in [1.29, 1.82) is 0 Å². The molecule has 1 aliphatic rings. The lowest BCUT2D eigenvalue weighted by atomic mass is 10.1. The summed E-state index contributed by atoms with van der Waals surface area (Å²) in [6.07, 6.45) is 0.189. The average Bonchev–Trinajstić information content (AvgIpc) is 2.51. The molecule has 0 spiro atoms. The standard InChI is InChI=1S/C15H19N3O4/c1-10(13(20)18-15(22-2)9-16-14(15)21)17-12(19)8-11-6-4-3-5-7-11/h3-7,10H,8-9H2,1-2H3,(H,16,21)(H,17,19)(H,18,20)/t10-,15?/m1/s1. The lowest BCUT2D eigenvalue weighted by Crippen LogP contribution is -2.75. The van der Waals surface area contributed by atoms with Crippen LogP contribution in [0.1, 0.15) is 12.5 Å². The van der Waals surface area contributed by atoms with Gasteiger partial charge in [-0.3, -0.25) is 14.4 Å². The molecule has 0 bridgehead atoms. The van der Waals surface area contributed by atoms with Crippen molar-refractivity contribution in [1.82, 2.24) is 16.0 Å². The maximum atomic E-state index is 12.1. The largest absolute Gasteiger partial charge is 0.349 e. The number of hydrogen-bond acceptors (Lipinski definition) is 4. The molecule has 1 heterocycles. The van der Waals surface area contributed by atoms with E-state index in [4.69, 9.17) is 4.74 Å². The first-order valence-electron chi connectivity index (χ1n) is 6.95. The molecule has 1 aromatic carbocycles. The summed E-state index contributed by atoms with van der Waals surface area (Å²) >= 11 is 0. The number of carbonyl (C=O) groups excluding carboxylic acids is 3. The van der Waals surface area contributed by atoms with Crippen LogP contribution in [0.15, 0.2) is 30.3 Å². The first kappa shape index (κ1) is 16.0. The number of β-lactam (4-membered cyclic amide) rings is 1. The van der Waals surface area contributed by atoms with Gasteiger partial charge < -0.3 is 20.7 Å². The highest BCUT2D eigenvalue weighted by molar-refractivity contribution is 5.97. The van der Waals surface area contributed by atoms with E-state index >= 15 is 0 Å². The molecule has 0 radical (unpaired) electrons. The Morgan fingerprint density at radius 3 is 2.55 bits per heavy atom. The molecule has 1 saturated heterocycles. The Balaban J connectivity index is 1.86. The van der Waals surface area contributed by atoms with E-state index in [2.05, 4.69) is 16.0 Å². The summed E-state index contributed by atoms with van der Waals surface area (Å²) in [5.74, 6) is -1.14. The van der Waals surface area contributed by atoms with Gasteiger partial charge in [0.15, 0.2) is 0 Å². The van der Waals surface area contributed by atoms with Gasteiger partial charge in [0, 0.05) is 7.11 Å². The normalized spacial score (nSPS) is 21.3. The van der Waals surface area contributed by atoms with Crippen LogP contribution in [0.2, 0.25) is 0 Å². The second-order valence-corrected chi connectivity index (χ2v) is 5.15. The highest BCUT2D eigenvalue weighted by atomic mass is 16.5. The van der Waals surface area contributed by atoms with Crippen LogP contribution in [0.5, 0.6) is 0 Å². The molecule has 1 unspecified atom stereocenters. The summed E-state index contributed by atoms with van der Waals surface area (Å²) in [5.41, 5.74) is -0.463. The van der Waals surface area contributed by atoms with Crippen LogP contribution in [0.4, 0.5) is 0 Å². The summed E-state index contributed by atoms with van der Waals surface area (Å²) in [4.78, 5) is 35.4. The molecule has 22 heavy (non-hydrogen) atoms. The van der Waals surface area contributed by atoms with Crippen molar-refractivity contribution in [2.75, 3.05) is 13.7 Å². The average molecular weight is 305 g/mol. The molecule has 118 valence electrons. The molecule has 1 aromatic rings. The van der Waals surface area contributed by atoms with Crippen LogP contribution in [-0.4, -0.2) is 43.1 Å². The highest BCUT2D eigenvalue weighted by Crippen LogP contribution is 2.13. The van der Waals surface area contributed by atoms with Crippen molar-refractivity contribution < 1.29 is 19.1 Å². The molecule has 2 atom stereocenters. The van der Waals surface area contributed by atoms with Gasteiger partial charge in [-0.2, -0.15) is 0 Å². The predicted molar refractivity (Wildman–Crippen MR) is 78.6 cm³/mol. The molecule has 2 rings (SSSR count). The van der Waals surface area contributed by atoms with Crippen LogP contribution >= 0.6 is 0 Å². The van der Waals surface area contributed by atoms with E-state index in [1.807, 2.05) is 30.3 Å². The maximum Gasteiger partial charge on any atom is 0.275 e. The second-order valence-electron chi connectivity index (χ2n) is 5.15. The fourth-order valence-electron chi connectivity index (χ4n) is 2.08. The molecule has 1 fully saturated rings. The van der Waals surface area contributed by atoms with E-state index in [-0.39, 0.29) is 18.9 Å². The molecule has 1 aliphatic heterocycles.